The molecule has 0 spiro atoms. The maximum atomic E-state index is 12.7. The number of hydrogen-bond acceptors (Lipinski definition) is 8. The Morgan fingerprint density at radius 3 is 2.19 bits per heavy atom. The molecule has 0 aromatic heterocycles. The maximum Gasteiger partial charge on any atom is 0.355 e. The first-order valence-corrected chi connectivity index (χ1v) is 12.3. The van der Waals surface area contributed by atoms with Gasteiger partial charge in [0.2, 0.25) is 0 Å². The molecule has 0 saturated carbocycles. The van der Waals surface area contributed by atoms with E-state index in [1.54, 1.807) is 36.6 Å². The van der Waals surface area contributed by atoms with Crippen LogP contribution in [0.25, 0.3) is 0 Å². The summed E-state index contributed by atoms with van der Waals surface area (Å²) >= 11 is 0. The largest absolute Gasteiger partial charge is 0.465 e. The van der Waals surface area contributed by atoms with Crippen LogP contribution in [-0.2, 0) is 28.9 Å². The molecule has 2 heterocycles. The number of sulfone groups is 1. The summed E-state index contributed by atoms with van der Waals surface area (Å²) in [5.74, 6) is -1.40. The molecule has 1 aromatic carbocycles. The highest BCUT2D eigenvalue weighted by atomic mass is 32.2. The minimum atomic E-state index is -3.48. The standard InChI is InChI=1S/C23H28N2O6S/c1-30-22(26)18-10-6-9-15-25(21(18)23(27)31-2)17-11-12-20(32(3,28)29)19(16-17)24-13-7-4-5-8-14-24/h6,9-12,15-16H,4-5,7-8,13-14H2,1-3H3. The zero-order chi connectivity index (χ0) is 23.3. The van der Waals surface area contributed by atoms with E-state index in [1.807, 2.05) is 0 Å². The third kappa shape index (κ3) is 5.04. The molecule has 8 nitrogen and oxygen atoms in total. The Morgan fingerprint density at radius 2 is 1.59 bits per heavy atom. The number of carbonyl (C=O) groups excluding carboxylic acids is 2. The molecule has 0 bridgehead atoms. The summed E-state index contributed by atoms with van der Waals surface area (Å²) in [6.07, 6.45) is 11.7. The number of rotatable bonds is 5. The first kappa shape index (κ1) is 23.6. The number of methoxy groups -OCH3 is 2. The van der Waals surface area contributed by atoms with E-state index in [0.29, 0.717) is 11.4 Å². The smallest absolute Gasteiger partial charge is 0.355 e. The highest BCUT2D eigenvalue weighted by molar-refractivity contribution is 7.90. The molecule has 1 aromatic rings. The normalized spacial score (nSPS) is 17.1. The minimum absolute atomic E-state index is 0.0155. The van der Waals surface area contributed by atoms with Crippen LogP contribution < -0.4 is 9.80 Å². The van der Waals surface area contributed by atoms with Crippen LogP contribution in [0.3, 0.4) is 0 Å². The van der Waals surface area contributed by atoms with Crippen molar-refractivity contribution in [2.75, 3.05) is 43.4 Å². The van der Waals surface area contributed by atoms with Gasteiger partial charge in [-0.3, -0.25) is 0 Å². The van der Waals surface area contributed by atoms with Crippen molar-refractivity contribution >= 4 is 33.2 Å². The molecule has 32 heavy (non-hydrogen) atoms. The molecule has 1 saturated heterocycles. The van der Waals surface area contributed by atoms with Crippen molar-refractivity contribution in [3.63, 3.8) is 0 Å². The molecule has 2 aliphatic rings. The average Bonchev–Trinajstić information content (AvgIpc) is 3.18. The molecule has 172 valence electrons. The monoisotopic (exact) mass is 460 g/mol. The lowest BCUT2D eigenvalue weighted by Crippen LogP contribution is -2.28. The van der Waals surface area contributed by atoms with E-state index in [2.05, 4.69) is 4.90 Å². The molecule has 2 aliphatic heterocycles. The zero-order valence-corrected chi connectivity index (χ0v) is 19.4. The Hall–Kier alpha value is -3.07. The number of benzene rings is 1. The zero-order valence-electron chi connectivity index (χ0n) is 18.5. The van der Waals surface area contributed by atoms with Gasteiger partial charge in [-0.25, -0.2) is 18.0 Å². The number of ether oxygens (including phenoxy) is 2. The maximum absolute atomic E-state index is 12.7. The molecule has 0 unspecified atom stereocenters. The van der Waals surface area contributed by atoms with E-state index in [-0.39, 0.29) is 16.2 Å². The van der Waals surface area contributed by atoms with E-state index in [4.69, 9.17) is 9.47 Å². The molecule has 0 amide bonds. The molecule has 1 fully saturated rings. The highest BCUT2D eigenvalue weighted by Crippen LogP contribution is 2.34. The van der Waals surface area contributed by atoms with E-state index < -0.39 is 21.8 Å². The van der Waals surface area contributed by atoms with Gasteiger partial charge >= 0.3 is 11.9 Å². The lowest BCUT2D eigenvalue weighted by molar-refractivity contribution is -0.139. The van der Waals surface area contributed by atoms with Crippen LogP contribution in [0.2, 0.25) is 0 Å². The number of allylic oxidation sites excluding steroid dienone is 2. The van der Waals surface area contributed by atoms with Gasteiger partial charge in [-0.15, -0.1) is 0 Å². The SMILES string of the molecule is COC(=O)C1=C(C(=O)OC)N(c2ccc(S(C)(=O)=O)c(N3CCCCCC3)c2)C=CC=C1. The summed E-state index contributed by atoms with van der Waals surface area (Å²) in [6.45, 7) is 1.49. The second-order valence-corrected chi connectivity index (χ2v) is 9.63. The molecular formula is C23H28N2O6S. The van der Waals surface area contributed by atoms with Gasteiger partial charge in [0.05, 0.1) is 30.4 Å². The van der Waals surface area contributed by atoms with Crippen molar-refractivity contribution < 1.29 is 27.5 Å². The van der Waals surface area contributed by atoms with Crippen LogP contribution >= 0.6 is 0 Å². The summed E-state index contributed by atoms with van der Waals surface area (Å²) < 4.78 is 34.8. The Balaban J connectivity index is 2.19. The van der Waals surface area contributed by atoms with Crippen molar-refractivity contribution in [2.45, 2.75) is 30.6 Å². The molecule has 0 aliphatic carbocycles. The molecule has 3 rings (SSSR count). The lowest BCUT2D eigenvalue weighted by Gasteiger charge is -2.28. The van der Waals surface area contributed by atoms with Gasteiger partial charge in [0.15, 0.2) is 9.84 Å². The highest BCUT2D eigenvalue weighted by Gasteiger charge is 2.29. The summed E-state index contributed by atoms with van der Waals surface area (Å²) in [5.41, 5.74) is 1.13. The van der Waals surface area contributed by atoms with E-state index >= 15 is 0 Å². The summed E-state index contributed by atoms with van der Waals surface area (Å²) in [6, 6.07) is 4.91. The van der Waals surface area contributed by atoms with E-state index in [1.165, 1.54) is 31.5 Å². The third-order valence-electron chi connectivity index (χ3n) is 5.46. The number of esters is 2. The first-order chi connectivity index (χ1) is 15.3. The van der Waals surface area contributed by atoms with Crippen LogP contribution in [0.4, 0.5) is 11.4 Å². The molecular weight excluding hydrogens is 432 g/mol. The number of carbonyl (C=O) groups is 2. The molecule has 9 heteroatoms. The van der Waals surface area contributed by atoms with Crippen LogP contribution in [0.15, 0.2) is 58.8 Å². The Kier molecular flexibility index (Phi) is 7.40. The van der Waals surface area contributed by atoms with Crippen molar-refractivity contribution in [2.24, 2.45) is 0 Å². The van der Waals surface area contributed by atoms with Gasteiger partial charge in [-0.05, 0) is 43.2 Å². The van der Waals surface area contributed by atoms with Crippen molar-refractivity contribution in [3.8, 4) is 0 Å². The summed E-state index contributed by atoms with van der Waals surface area (Å²) in [5, 5.41) is 0. The lowest BCUT2D eigenvalue weighted by atomic mass is 10.1. The Morgan fingerprint density at radius 1 is 0.938 bits per heavy atom. The van der Waals surface area contributed by atoms with Gasteiger partial charge in [0, 0.05) is 31.2 Å². The molecule has 0 atom stereocenters. The van der Waals surface area contributed by atoms with Gasteiger partial charge in [-0.2, -0.15) is 0 Å². The average molecular weight is 461 g/mol. The van der Waals surface area contributed by atoms with E-state index in [0.717, 1.165) is 38.8 Å². The fourth-order valence-corrected chi connectivity index (χ4v) is 4.78. The predicted octanol–water partition coefficient (Wildman–Crippen LogP) is 2.96. The Bertz CT molecular complexity index is 1080. The van der Waals surface area contributed by atoms with Gasteiger partial charge < -0.3 is 19.3 Å². The predicted molar refractivity (Wildman–Crippen MR) is 122 cm³/mol. The topological polar surface area (TPSA) is 93.2 Å². The number of nitrogens with zero attached hydrogens (tertiary/aromatic N) is 2. The third-order valence-corrected chi connectivity index (χ3v) is 6.60. The fourth-order valence-electron chi connectivity index (χ4n) is 3.89. The summed E-state index contributed by atoms with van der Waals surface area (Å²) in [4.78, 5) is 28.9. The van der Waals surface area contributed by atoms with Crippen LogP contribution in [0, 0.1) is 0 Å². The van der Waals surface area contributed by atoms with Gasteiger partial charge in [0.25, 0.3) is 0 Å². The number of anilines is 2. The first-order valence-electron chi connectivity index (χ1n) is 10.4. The molecule has 0 N–H and O–H groups in total. The van der Waals surface area contributed by atoms with Gasteiger partial charge in [-0.1, -0.05) is 18.9 Å². The van der Waals surface area contributed by atoms with Crippen LogP contribution in [-0.4, -0.2) is 53.9 Å². The second kappa shape index (κ2) is 10.0. The van der Waals surface area contributed by atoms with Crippen molar-refractivity contribution in [1.29, 1.82) is 0 Å². The minimum Gasteiger partial charge on any atom is -0.465 e. The second-order valence-electron chi connectivity index (χ2n) is 7.64. The van der Waals surface area contributed by atoms with Gasteiger partial charge in [0.1, 0.15) is 5.70 Å². The van der Waals surface area contributed by atoms with Crippen molar-refractivity contribution in [1.82, 2.24) is 0 Å². The van der Waals surface area contributed by atoms with Crippen LogP contribution in [0.1, 0.15) is 25.7 Å². The quantitative estimate of drug-likeness (QED) is 0.619. The Labute approximate surface area is 188 Å². The van der Waals surface area contributed by atoms with Crippen molar-refractivity contribution in [3.05, 3.63) is 53.9 Å². The number of hydrogen-bond donors (Lipinski definition) is 0. The fraction of sp³-hybridized carbons (Fsp3) is 0.391. The van der Waals surface area contributed by atoms with Crippen LogP contribution in [0.5, 0.6) is 0 Å². The molecule has 0 radical (unpaired) electrons. The van der Waals surface area contributed by atoms with E-state index in [9.17, 15) is 18.0 Å². The summed E-state index contributed by atoms with van der Waals surface area (Å²) in [7, 11) is -1.01.